The van der Waals surface area contributed by atoms with Crippen LogP contribution in [0.2, 0.25) is 0 Å². The lowest BCUT2D eigenvalue weighted by Gasteiger charge is -2.38. The fourth-order valence-corrected chi connectivity index (χ4v) is 3.40. The van der Waals surface area contributed by atoms with Crippen LogP contribution in [-0.2, 0) is 11.3 Å². The Morgan fingerprint density at radius 1 is 1.32 bits per heavy atom. The van der Waals surface area contributed by atoms with Gasteiger partial charge in [-0.3, -0.25) is 9.48 Å². The van der Waals surface area contributed by atoms with Crippen molar-refractivity contribution >= 4 is 11.7 Å². The van der Waals surface area contributed by atoms with E-state index >= 15 is 0 Å². The van der Waals surface area contributed by atoms with Crippen LogP contribution in [0.25, 0.3) is 0 Å². The molecule has 0 saturated carbocycles. The van der Waals surface area contributed by atoms with Crippen molar-refractivity contribution in [2.75, 3.05) is 25.0 Å². The minimum Gasteiger partial charge on any atom is -0.355 e. The van der Waals surface area contributed by atoms with Crippen LogP contribution in [0, 0.1) is 13.8 Å². The van der Waals surface area contributed by atoms with Crippen molar-refractivity contribution in [3.05, 3.63) is 41.9 Å². The van der Waals surface area contributed by atoms with Gasteiger partial charge in [0, 0.05) is 56.7 Å². The van der Waals surface area contributed by atoms with Gasteiger partial charge in [0.05, 0.1) is 0 Å². The van der Waals surface area contributed by atoms with Crippen LogP contribution in [0.4, 0.5) is 5.82 Å². The molecule has 1 atom stereocenters. The maximum absolute atomic E-state index is 12.6. The molecule has 3 heterocycles. The van der Waals surface area contributed by atoms with Gasteiger partial charge in [-0.05, 0) is 44.9 Å². The van der Waals surface area contributed by atoms with Crippen molar-refractivity contribution < 1.29 is 4.79 Å². The van der Waals surface area contributed by atoms with Gasteiger partial charge in [-0.25, -0.2) is 4.98 Å². The van der Waals surface area contributed by atoms with E-state index in [0.29, 0.717) is 13.0 Å². The van der Waals surface area contributed by atoms with Crippen LogP contribution in [-0.4, -0.2) is 51.8 Å². The number of piperidine rings is 1. The second-order valence-electron chi connectivity index (χ2n) is 6.83. The summed E-state index contributed by atoms with van der Waals surface area (Å²) in [5.74, 6) is 1.19. The van der Waals surface area contributed by atoms with Gasteiger partial charge in [-0.1, -0.05) is 6.07 Å². The van der Waals surface area contributed by atoms with E-state index in [1.165, 1.54) is 0 Å². The number of nitrogens with zero attached hydrogens (tertiary/aromatic N) is 5. The number of carbonyl (C=O) groups excluding carboxylic acids is 1. The second kappa shape index (κ2) is 7.68. The van der Waals surface area contributed by atoms with E-state index in [-0.39, 0.29) is 11.9 Å². The first-order valence-corrected chi connectivity index (χ1v) is 8.97. The largest absolute Gasteiger partial charge is 0.355 e. The van der Waals surface area contributed by atoms with E-state index in [9.17, 15) is 4.79 Å². The Morgan fingerprint density at radius 3 is 2.88 bits per heavy atom. The lowest BCUT2D eigenvalue weighted by Crippen LogP contribution is -2.49. The Hall–Kier alpha value is -2.37. The summed E-state index contributed by atoms with van der Waals surface area (Å²) in [6.07, 6.45) is 4.39. The number of amides is 1. The van der Waals surface area contributed by atoms with Gasteiger partial charge < -0.3 is 9.80 Å². The average Bonchev–Trinajstić information content (AvgIpc) is 3.04. The quantitative estimate of drug-likeness (QED) is 0.838. The van der Waals surface area contributed by atoms with Crippen LogP contribution in [0.15, 0.2) is 30.5 Å². The van der Waals surface area contributed by atoms with Crippen molar-refractivity contribution in [2.24, 2.45) is 0 Å². The molecule has 25 heavy (non-hydrogen) atoms. The van der Waals surface area contributed by atoms with E-state index in [2.05, 4.69) is 21.0 Å². The second-order valence-corrected chi connectivity index (χ2v) is 6.83. The van der Waals surface area contributed by atoms with Crippen LogP contribution in [0.3, 0.4) is 0 Å². The molecule has 2 aromatic heterocycles. The number of carbonyl (C=O) groups is 1. The summed E-state index contributed by atoms with van der Waals surface area (Å²) in [5.41, 5.74) is 2.11. The summed E-state index contributed by atoms with van der Waals surface area (Å²) in [4.78, 5) is 21.4. The fraction of sp³-hybridized carbons (Fsp3) is 0.526. The monoisotopic (exact) mass is 341 g/mol. The first kappa shape index (κ1) is 17.5. The van der Waals surface area contributed by atoms with Gasteiger partial charge in [0.25, 0.3) is 0 Å². The molecule has 0 radical (unpaired) electrons. The summed E-state index contributed by atoms with van der Waals surface area (Å²) in [6.45, 7) is 6.51. The molecule has 6 heteroatoms. The zero-order valence-electron chi connectivity index (χ0n) is 15.4. The first-order valence-electron chi connectivity index (χ1n) is 8.97. The number of aryl methyl sites for hydroxylation is 3. The normalized spacial score (nSPS) is 17.6. The molecule has 0 bridgehead atoms. The molecule has 0 N–H and O–H groups in total. The van der Waals surface area contributed by atoms with Gasteiger partial charge in [-0.2, -0.15) is 5.10 Å². The Labute approximate surface area is 149 Å². The number of rotatable bonds is 5. The number of hydrogen-bond acceptors (Lipinski definition) is 4. The van der Waals surface area contributed by atoms with E-state index in [1.807, 2.05) is 48.7 Å². The maximum atomic E-state index is 12.6. The minimum absolute atomic E-state index is 0.180. The summed E-state index contributed by atoms with van der Waals surface area (Å²) in [5, 5.41) is 4.25. The molecule has 1 aliphatic rings. The van der Waals surface area contributed by atoms with Gasteiger partial charge in [0.15, 0.2) is 0 Å². The molecule has 1 saturated heterocycles. The standard InChI is InChI=1S/C19H27N5O/c1-15-6-4-8-18(21-15)23-12-5-7-17(14-23)22(3)19(25)10-13-24-16(2)9-11-20-24/h4,6,8-9,11,17H,5,7,10,12-14H2,1-3H3/t17-/m0/s1. The van der Waals surface area contributed by atoms with Crippen molar-refractivity contribution in [1.82, 2.24) is 19.7 Å². The third-order valence-electron chi connectivity index (χ3n) is 5.00. The van der Waals surface area contributed by atoms with E-state index in [1.54, 1.807) is 6.20 Å². The van der Waals surface area contributed by atoms with Crippen molar-refractivity contribution in [1.29, 1.82) is 0 Å². The Morgan fingerprint density at radius 2 is 2.16 bits per heavy atom. The lowest BCUT2D eigenvalue weighted by molar-refractivity contribution is -0.132. The molecule has 134 valence electrons. The Kier molecular flexibility index (Phi) is 5.36. The first-order chi connectivity index (χ1) is 12.0. The van der Waals surface area contributed by atoms with Crippen LogP contribution in [0.5, 0.6) is 0 Å². The highest BCUT2D eigenvalue weighted by Crippen LogP contribution is 2.21. The van der Waals surface area contributed by atoms with E-state index in [4.69, 9.17) is 0 Å². The molecule has 1 amide bonds. The molecule has 0 aromatic carbocycles. The fourth-order valence-electron chi connectivity index (χ4n) is 3.40. The van der Waals surface area contributed by atoms with Crippen LogP contribution < -0.4 is 4.90 Å². The highest BCUT2D eigenvalue weighted by Gasteiger charge is 2.26. The molecule has 2 aromatic rings. The van der Waals surface area contributed by atoms with E-state index in [0.717, 1.165) is 43.1 Å². The summed E-state index contributed by atoms with van der Waals surface area (Å²) < 4.78 is 1.88. The topological polar surface area (TPSA) is 54.3 Å². The van der Waals surface area contributed by atoms with Gasteiger partial charge in [-0.15, -0.1) is 0 Å². The zero-order valence-corrected chi connectivity index (χ0v) is 15.4. The number of anilines is 1. The highest BCUT2D eigenvalue weighted by molar-refractivity contribution is 5.76. The van der Waals surface area contributed by atoms with Crippen molar-refractivity contribution in [3.8, 4) is 0 Å². The smallest absolute Gasteiger partial charge is 0.224 e. The van der Waals surface area contributed by atoms with Crippen molar-refractivity contribution in [2.45, 2.75) is 45.7 Å². The SMILES string of the molecule is Cc1cccc(N2CCC[C@H](N(C)C(=O)CCn3nccc3C)C2)n1. The Bertz CT molecular complexity index is 726. The predicted molar refractivity (Wildman–Crippen MR) is 98.6 cm³/mol. The third-order valence-corrected chi connectivity index (χ3v) is 5.00. The van der Waals surface area contributed by atoms with Crippen LogP contribution in [0.1, 0.15) is 30.7 Å². The maximum Gasteiger partial charge on any atom is 0.224 e. The molecule has 1 fully saturated rings. The minimum atomic E-state index is 0.180. The number of aromatic nitrogens is 3. The van der Waals surface area contributed by atoms with Crippen molar-refractivity contribution in [3.63, 3.8) is 0 Å². The third kappa shape index (κ3) is 4.18. The predicted octanol–water partition coefficient (Wildman–Crippen LogP) is 2.41. The molecule has 6 nitrogen and oxygen atoms in total. The highest BCUT2D eigenvalue weighted by atomic mass is 16.2. The molecule has 0 aliphatic carbocycles. The molecular weight excluding hydrogens is 314 g/mol. The van der Waals surface area contributed by atoms with Gasteiger partial charge >= 0.3 is 0 Å². The van der Waals surface area contributed by atoms with E-state index < -0.39 is 0 Å². The van der Waals surface area contributed by atoms with Crippen LogP contribution >= 0.6 is 0 Å². The Balaban J connectivity index is 1.58. The summed E-state index contributed by atoms with van der Waals surface area (Å²) in [7, 11) is 1.93. The zero-order chi connectivity index (χ0) is 17.8. The summed E-state index contributed by atoms with van der Waals surface area (Å²) in [6, 6.07) is 8.31. The summed E-state index contributed by atoms with van der Waals surface area (Å²) >= 11 is 0. The average molecular weight is 341 g/mol. The molecular formula is C19H27N5O. The van der Waals surface area contributed by atoms with Gasteiger partial charge in [0.2, 0.25) is 5.91 Å². The number of pyridine rings is 1. The molecule has 0 spiro atoms. The number of likely N-dealkylation sites (N-methyl/N-ethyl adjacent to an activating group) is 1. The lowest BCUT2D eigenvalue weighted by atomic mass is 10.0. The van der Waals surface area contributed by atoms with Gasteiger partial charge in [0.1, 0.15) is 5.82 Å². The molecule has 3 rings (SSSR count). The number of hydrogen-bond donors (Lipinski definition) is 0. The molecule has 0 unspecified atom stereocenters. The molecule has 1 aliphatic heterocycles.